The molecule has 0 heterocycles. The Morgan fingerprint density at radius 2 is 1.53 bits per heavy atom. The highest BCUT2D eigenvalue weighted by Crippen LogP contribution is 2.21. The molecule has 0 fully saturated rings. The van der Waals surface area contributed by atoms with E-state index in [2.05, 4.69) is 5.32 Å². The average Bonchev–Trinajstić information content (AvgIpc) is 2.36. The highest BCUT2D eigenvalue weighted by Gasteiger charge is 2.10. The van der Waals surface area contributed by atoms with Crippen LogP contribution in [0.1, 0.15) is 5.56 Å². The number of anilines is 1. The Morgan fingerprint density at radius 1 is 0.842 bits per heavy atom. The van der Waals surface area contributed by atoms with Gasteiger partial charge in [0.05, 0.1) is 5.69 Å². The Balaban J connectivity index is 2.19. The molecule has 100 valence electrons. The van der Waals surface area contributed by atoms with E-state index in [4.69, 9.17) is 11.6 Å². The number of hydrogen-bond acceptors (Lipinski definition) is 1. The molecule has 0 aromatic heterocycles. The SMILES string of the molecule is Fc1cc(F)c(NCc2cc(Cl)ccc2F)cc1F. The zero-order valence-corrected chi connectivity index (χ0v) is 10.2. The van der Waals surface area contributed by atoms with Gasteiger partial charge in [0, 0.05) is 29.3 Å². The lowest BCUT2D eigenvalue weighted by Gasteiger charge is -2.09. The van der Waals surface area contributed by atoms with Gasteiger partial charge in [0.15, 0.2) is 11.6 Å². The molecule has 0 unspecified atom stereocenters. The maximum Gasteiger partial charge on any atom is 0.161 e. The summed E-state index contributed by atoms with van der Waals surface area (Å²) in [5, 5.41) is 2.81. The predicted molar refractivity (Wildman–Crippen MR) is 65.1 cm³/mol. The maximum atomic E-state index is 13.4. The van der Waals surface area contributed by atoms with Crippen molar-refractivity contribution in [1.82, 2.24) is 0 Å². The first-order chi connectivity index (χ1) is 8.97. The summed E-state index contributed by atoms with van der Waals surface area (Å²) in [5.74, 6) is -3.95. The molecule has 1 N–H and O–H groups in total. The van der Waals surface area contributed by atoms with Crippen LogP contribution in [0.25, 0.3) is 0 Å². The summed E-state index contributed by atoms with van der Waals surface area (Å²) in [7, 11) is 0. The number of nitrogens with one attached hydrogen (secondary N) is 1. The quantitative estimate of drug-likeness (QED) is 0.647. The van der Waals surface area contributed by atoms with Crippen molar-refractivity contribution in [3.05, 3.63) is 64.2 Å². The minimum absolute atomic E-state index is 0.103. The first-order valence-corrected chi connectivity index (χ1v) is 5.67. The molecule has 0 aliphatic heterocycles. The van der Waals surface area contributed by atoms with E-state index in [0.717, 1.165) is 0 Å². The fourth-order valence-electron chi connectivity index (χ4n) is 1.53. The normalized spacial score (nSPS) is 10.6. The molecule has 0 atom stereocenters. The van der Waals surface area contributed by atoms with E-state index in [-0.39, 0.29) is 17.8 Å². The third-order valence-corrected chi connectivity index (χ3v) is 2.72. The van der Waals surface area contributed by atoms with Crippen molar-refractivity contribution in [3.8, 4) is 0 Å². The summed E-state index contributed by atoms with van der Waals surface area (Å²) in [5.41, 5.74) is -0.0603. The largest absolute Gasteiger partial charge is 0.378 e. The molecule has 2 aromatic carbocycles. The summed E-state index contributed by atoms with van der Waals surface area (Å²) in [6.07, 6.45) is 0. The molecule has 19 heavy (non-hydrogen) atoms. The highest BCUT2D eigenvalue weighted by atomic mass is 35.5. The smallest absolute Gasteiger partial charge is 0.161 e. The molecule has 0 aliphatic rings. The molecule has 0 saturated heterocycles. The zero-order chi connectivity index (χ0) is 14.0. The fourth-order valence-corrected chi connectivity index (χ4v) is 1.72. The monoisotopic (exact) mass is 289 g/mol. The average molecular weight is 290 g/mol. The molecular formula is C13H8ClF4N. The topological polar surface area (TPSA) is 12.0 Å². The van der Waals surface area contributed by atoms with Crippen LogP contribution in [0.15, 0.2) is 30.3 Å². The minimum Gasteiger partial charge on any atom is -0.378 e. The van der Waals surface area contributed by atoms with Gasteiger partial charge in [0.25, 0.3) is 0 Å². The summed E-state index contributed by atoms with van der Waals surface area (Å²) >= 11 is 5.70. The Labute approximate surface area is 111 Å². The second kappa shape index (κ2) is 5.48. The summed E-state index contributed by atoms with van der Waals surface area (Å²) in [4.78, 5) is 0. The van der Waals surface area contributed by atoms with Crippen LogP contribution in [0, 0.1) is 23.3 Å². The van der Waals surface area contributed by atoms with E-state index in [0.29, 0.717) is 17.2 Å². The van der Waals surface area contributed by atoms with E-state index >= 15 is 0 Å². The van der Waals surface area contributed by atoms with Gasteiger partial charge in [0.2, 0.25) is 0 Å². The molecule has 2 aromatic rings. The van der Waals surface area contributed by atoms with Gasteiger partial charge in [-0.25, -0.2) is 17.6 Å². The van der Waals surface area contributed by atoms with E-state index in [1.807, 2.05) is 0 Å². The zero-order valence-electron chi connectivity index (χ0n) is 9.48. The first-order valence-electron chi connectivity index (χ1n) is 5.29. The molecule has 6 heteroatoms. The maximum absolute atomic E-state index is 13.4. The van der Waals surface area contributed by atoms with Crippen molar-refractivity contribution in [2.45, 2.75) is 6.54 Å². The number of hydrogen-bond donors (Lipinski definition) is 1. The van der Waals surface area contributed by atoms with Gasteiger partial charge in [-0.15, -0.1) is 0 Å². The molecule has 2 rings (SSSR count). The van der Waals surface area contributed by atoms with Crippen molar-refractivity contribution in [1.29, 1.82) is 0 Å². The highest BCUT2D eigenvalue weighted by molar-refractivity contribution is 6.30. The second-order valence-corrected chi connectivity index (χ2v) is 4.27. The van der Waals surface area contributed by atoms with Crippen molar-refractivity contribution in [3.63, 3.8) is 0 Å². The summed E-state index contributed by atoms with van der Waals surface area (Å²) in [6, 6.07) is 5.00. The number of halogens is 5. The van der Waals surface area contributed by atoms with Gasteiger partial charge in [-0.3, -0.25) is 0 Å². The lowest BCUT2D eigenvalue weighted by Crippen LogP contribution is -2.04. The number of benzene rings is 2. The van der Waals surface area contributed by atoms with E-state index in [1.165, 1.54) is 18.2 Å². The predicted octanol–water partition coefficient (Wildman–Crippen LogP) is 4.51. The molecule has 0 radical (unpaired) electrons. The van der Waals surface area contributed by atoms with Crippen LogP contribution in [-0.4, -0.2) is 0 Å². The Morgan fingerprint density at radius 3 is 2.26 bits per heavy atom. The van der Waals surface area contributed by atoms with E-state index < -0.39 is 23.3 Å². The van der Waals surface area contributed by atoms with Crippen LogP contribution in [0.3, 0.4) is 0 Å². The fraction of sp³-hybridized carbons (Fsp3) is 0.0769. The van der Waals surface area contributed by atoms with Crippen LogP contribution < -0.4 is 5.32 Å². The molecule has 0 amide bonds. The van der Waals surface area contributed by atoms with Gasteiger partial charge in [-0.2, -0.15) is 0 Å². The van der Waals surface area contributed by atoms with Gasteiger partial charge in [-0.05, 0) is 18.2 Å². The molecule has 0 spiro atoms. The lowest BCUT2D eigenvalue weighted by molar-refractivity contribution is 0.496. The van der Waals surface area contributed by atoms with Gasteiger partial charge < -0.3 is 5.32 Å². The van der Waals surface area contributed by atoms with Crippen LogP contribution in [-0.2, 0) is 6.54 Å². The third-order valence-electron chi connectivity index (χ3n) is 2.49. The van der Waals surface area contributed by atoms with E-state index in [9.17, 15) is 17.6 Å². The van der Waals surface area contributed by atoms with Gasteiger partial charge in [-0.1, -0.05) is 11.6 Å². The molecule has 0 aliphatic carbocycles. The molecular weight excluding hydrogens is 282 g/mol. The summed E-state index contributed by atoms with van der Waals surface area (Å²) < 4.78 is 52.4. The third kappa shape index (κ3) is 3.17. The Kier molecular flexibility index (Phi) is 3.95. The molecule has 0 bridgehead atoms. The minimum atomic E-state index is -1.28. The summed E-state index contributed by atoms with van der Waals surface area (Å²) in [6.45, 7) is -0.103. The van der Waals surface area contributed by atoms with Gasteiger partial charge >= 0.3 is 0 Å². The van der Waals surface area contributed by atoms with Crippen LogP contribution >= 0.6 is 11.6 Å². The van der Waals surface area contributed by atoms with Crippen LogP contribution in [0.2, 0.25) is 5.02 Å². The first kappa shape index (κ1) is 13.7. The number of rotatable bonds is 3. The Hall–Kier alpha value is -1.75. The van der Waals surface area contributed by atoms with Crippen molar-refractivity contribution in [2.75, 3.05) is 5.32 Å². The van der Waals surface area contributed by atoms with Crippen LogP contribution in [0.4, 0.5) is 23.2 Å². The Bertz CT molecular complexity index is 616. The second-order valence-electron chi connectivity index (χ2n) is 3.84. The molecule has 0 saturated carbocycles. The standard InChI is InChI=1S/C13H8ClF4N/c14-8-1-2-9(15)7(3-8)6-19-13-5-11(17)10(16)4-12(13)18/h1-5,19H,6H2. The van der Waals surface area contributed by atoms with Crippen molar-refractivity contribution >= 4 is 17.3 Å². The van der Waals surface area contributed by atoms with Gasteiger partial charge in [0.1, 0.15) is 11.6 Å². The molecule has 1 nitrogen and oxygen atoms in total. The van der Waals surface area contributed by atoms with E-state index in [1.54, 1.807) is 0 Å². The van der Waals surface area contributed by atoms with Crippen LogP contribution in [0.5, 0.6) is 0 Å². The lowest BCUT2D eigenvalue weighted by atomic mass is 10.2. The van der Waals surface area contributed by atoms with Crippen molar-refractivity contribution < 1.29 is 17.6 Å². The van der Waals surface area contributed by atoms with Crippen molar-refractivity contribution in [2.24, 2.45) is 0 Å².